The van der Waals surface area contributed by atoms with Gasteiger partial charge in [-0.25, -0.2) is 4.79 Å². The quantitative estimate of drug-likeness (QED) is 0.382. The van der Waals surface area contributed by atoms with E-state index in [1.165, 1.54) is 31.2 Å². The predicted molar refractivity (Wildman–Crippen MR) is 85.7 cm³/mol. The van der Waals surface area contributed by atoms with Gasteiger partial charge in [-0.15, -0.1) is 0 Å². The van der Waals surface area contributed by atoms with Crippen molar-refractivity contribution in [2.45, 2.75) is 39.0 Å². The van der Waals surface area contributed by atoms with Crippen LogP contribution in [0.2, 0.25) is 0 Å². The first kappa shape index (κ1) is 15.8. The molecule has 0 amide bonds. The van der Waals surface area contributed by atoms with Crippen molar-refractivity contribution in [3.8, 4) is 5.75 Å². The van der Waals surface area contributed by atoms with Crippen molar-refractivity contribution in [2.24, 2.45) is 0 Å². The number of carbonyl (C=O) groups is 1. The van der Waals surface area contributed by atoms with Gasteiger partial charge in [-0.05, 0) is 58.6 Å². The molecule has 0 N–H and O–H groups in total. The van der Waals surface area contributed by atoms with E-state index in [4.69, 9.17) is 9.15 Å². The lowest BCUT2D eigenvalue weighted by Crippen LogP contribution is -2.07. The maximum atomic E-state index is 11.8. The van der Waals surface area contributed by atoms with Gasteiger partial charge in [-0.1, -0.05) is 38.3 Å². The fourth-order valence-corrected chi connectivity index (χ4v) is 2.37. The van der Waals surface area contributed by atoms with Crippen LogP contribution in [0.3, 0.4) is 0 Å². The molecule has 112 valence electrons. The molecule has 0 saturated carbocycles. The summed E-state index contributed by atoms with van der Waals surface area (Å²) >= 11 is 3.16. The van der Waals surface area contributed by atoms with E-state index in [1.54, 1.807) is 12.1 Å². The molecule has 3 nitrogen and oxygen atoms in total. The summed E-state index contributed by atoms with van der Waals surface area (Å²) in [6, 6.07) is 10.9. The van der Waals surface area contributed by atoms with Gasteiger partial charge >= 0.3 is 5.97 Å². The summed E-state index contributed by atoms with van der Waals surface area (Å²) in [7, 11) is 0. The van der Waals surface area contributed by atoms with Gasteiger partial charge in [0.25, 0.3) is 0 Å². The fraction of sp³-hybridized carbons (Fsp3) is 0.353. The predicted octanol–water partition coefficient (Wildman–Crippen LogP) is 5.38. The molecular formula is C17H19BrO3. The molecule has 0 saturated heterocycles. The Balaban J connectivity index is 1.86. The van der Waals surface area contributed by atoms with E-state index in [0.717, 1.165) is 6.42 Å². The minimum absolute atomic E-state index is 0.186. The molecule has 0 fully saturated rings. The number of furan rings is 1. The third kappa shape index (κ3) is 5.05. The molecule has 0 aliphatic heterocycles. The number of hydrogen-bond acceptors (Lipinski definition) is 3. The number of halogens is 1. The lowest BCUT2D eigenvalue weighted by Gasteiger charge is -2.04. The second-order valence-electron chi connectivity index (χ2n) is 4.95. The fourth-order valence-electron chi connectivity index (χ4n) is 2.06. The molecule has 1 aromatic heterocycles. The van der Waals surface area contributed by atoms with Gasteiger partial charge in [0.1, 0.15) is 5.75 Å². The van der Waals surface area contributed by atoms with E-state index >= 15 is 0 Å². The number of esters is 1. The molecule has 0 unspecified atom stereocenters. The van der Waals surface area contributed by atoms with Crippen LogP contribution in [0.15, 0.2) is 45.5 Å². The van der Waals surface area contributed by atoms with E-state index in [0.29, 0.717) is 10.4 Å². The van der Waals surface area contributed by atoms with Crippen molar-refractivity contribution in [2.75, 3.05) is 0 Å². The Labute approximate surface area is 133 Å². The highest BCUT2D eigenvalue weighted by Gasteiger charge is 2.12. The van der Waals surface area contributed by atoms with Crippen LogP contribution in [0.25, 0.3) is 0 Å². The van der Waals surface area contributed by atoms with Crippen molar-refractivity contribution >= 4 is 21.9 Å². The van der Waals surface area contributed by atoms with Crippen molar-refractivity contribution in [1.82, 2.24) is 0 Å². The Kier molecular flexibility index (Phi) is 6.05. The van der Waals surface area contributed by atoms with Crippen LogP contribution in [0, 0.1) is 0 Å². The zero-order valence-electron chi connectivity index (χ0n) is 12.1. The molecular weight excluding hydrogens is 332 g/mol. The molecule has 0 aliphatic rings. The Morgan fingerprint density at radius 3 is 2.48 bits per heavy atom. The van der Waals surface area contributed by atoms with Gasteiger partial charge in [-0.2, -0.15) is 0 Å². The zero-order valence-corrected chi connectivity index (χ0v) is 13.7. The lowest BCUT2D eigenvalue weighted by atomic mass is 10.1. The monoisotopic (exact) mass is 350 g/mol. The molecule has 21 heavy (non-hydrogen) atoms. The molecule has 0 radical (unpaired) electrons. The Morgan fingerprint density at radius 1 is 1.10 bits per heavy atom. The SMILES string of the molecule is CCCCCCc1ccc(OC(=O)c2ccc(Br)o2)cc1. The van der Waals surface area contributed by atoms with Gasteiger partial charge in [0.05, 0.1) is 0 Å². The Bertz CT molecular complexity index is 572. The van der Waals surface area contributed by atoms with Crippen LogP contribution < -0.4 is 4.74 Å². The van der Waals surface area contributed by atoms with Gasteiger partial charge in [0, 0.05) is 0 Å². The lowest BCUT2D eigenvalue weighted by molar-refractivity contribution is 0.0700. The number of rotatable bonds is 7. The first-order chi connectivity index (χ1) is 10.2. The van der Waals surface area contributed by atoms with E-state index < -0.39 is 5.97 Å². The number of ether oxygens (including phenoxy) is 1. The highest BCUT2D eigenvalue weighted by atomic mass is 79.9. The number of hydrogen-bond donors (Lipinski definition) is 0. The topological polar surface area (TPSA) is 39.4 Å². The number of benzene rings is 1. The second kappa shape index (κ2) is 8.03. The summed E-state index contributed by atoms with van der Waals surface area (Å²) in [5.41, 5.74) is 1.27. The van der Waals surface area contributed by atoms with Gasteiger partial charge in [0.2, 0.25) is 5.76 Å². The summed E-state index contributed by atoms with van der Waals surface area (Å²) < 4.78 is 10.9. The summed E-state index contributed by atoms with van der Waals surface area (Å²) in [5, 5.41) is 0. The van der Waals surface area contributed by atoms with E-state index in [9.17, 15) is 4.79 Å². The summed E-state index contributed by atoms with van der Waals surface area (Å²) in [6.45, 7) is 2.21. The van der Waals surface area contributed by atoms with Crippen molar-refractivity contribution < 1.29 is 13.9 Å². The highest BCUT2D eigenvalue weighted by molar-refractivity contribution is 9.10. The summed E-state index contributed by atoms with van der Waals surface area (Å²) in [6.07, 6.45) is 6.07. The van der Waals surface area contributed by atoms with Crippen LogP contribution >= 0.6 is 15.9 Å². The molecule has 2 aromatic rings. The molecule has 1 aromatic carbocycles. The molecule has 0 bridgehead atoms. The maximum absolute atomic E-state index is 11.8. The van der Waals surface area contributed by atoms with Gasteiger partial charge in [0.15, 0.2) is 4.67 Å². The number of unbranched alkanes of at least 4 members (excludes halogenated alkanes) is 3. The highest BCUT2D eigenvalue weighted by Crippen LogP contribution is 2.18. The molecule has 4 heteroatoms. The Morgan fingerprint density at radius 2 is 1.86 bits per heavy atom. The zero-order chi connectivity index (χ0) is 15.1. The van der Waals surface area contributed by atoms with E-state index in [2.05, 4.69) is 22.9 Å². The van der Waals surface area contributed by atoms with Crippen LogP contribution in [0.1, 0.15) is 48.7 Å². The van der Waals surface area contributed by atoms with Gasteiger partial charge in [-0.3, -0.25) is 0 Å². The standard InChI is InChI=1S/C17H19BrO3/c1-2-3-4-5-6-13-7-9-14(10-8-13)20-17(19)15-11-12-16(18)21-15/h7-12H,2-6H2,1H3. The number of carbonyl (C=O) groups excluding carboxylic acids is 1. The number of aryl methyl sites for hydroxylation is 1. The van der Waals surface area contributed by atoms with Crippen LogP contribution in [-0.2, 0) is 6.42 Å². The van der Waals surface area contributed by atoms with Gasteiger partial charge < -0.3 is 9.15 Å². The van der Waals surface area contributed by atoms with Crippen LogP contribution in [0.5, 0.6) is 5.75 Å². The Hall–Kier alpha value is -1.55. The normalized spacial score (nSPS) is 10.6. The summed E-state index contributed by atoms with van der Waals surface area (Å²) in [4.78, 5) is 11.8. The molecule has 2 rings (SSSR count). The molecule has 0 spiro atoms. The third-order valence-corrected chi connectivity index (χ3v) is 3.65. The first-order valence-electron chi connectivity index (χ1n) is 7.25. The average molecular weight is 351 g/mol. The van der Waals surface area contributed by atoms with Crippen LogP contribution in [-0.4, -0.2) is 5.97 Å². The second-order valence-corrected chi connectivity index (χ2v) is 5.73. The third-order valence-electron chi connectivity index (χ3n) is 3.23. The van der Waals surface area contributed by atoms with E-state index in [1.807, 2.05) is 24.3 Å². The largest absolute Gasteiger partial charge is 0.442 e. The minimum atomic E-state index is -0.489. The van der Waals surface area contributed by atoms with Crippen molar-refractivity contribution in [3.05, 3.63) is 52.4 Å². The van der Waals surface area contributed by atoms with Crippen molar-refractivity contribution in [1.29, 1.82) is 0 Å². The molecule has 1 heterocycles. The molecule has 0 aliphatic carbocycles. The maximum Gasteiger partial charge on any atom is 0.379 e. The average Bonchev–Trinajstić information content (AvgIpc) is 2.92. The molecule has 0 atom stereocenters. The van der Waals surface area contributed by atoms with Crippen LogP contribution in [0.4, 0.5) is 0 Å². The smallest absolute Gasteiger partial charge is 0.379 e. The van der Waals surface area contributed by atoms with Crippen molar-refractivity contribution in [3.63, 3.8) is 0 Å². The summed E-state index contributed by atoms with van der Waals surface area (Å²) in [5.74, 6) is 0.228. The van der Waals surface area contributed by atoms with E-state index in [-0.39, 0.29) is 5.76 Å². The first-order valence-corrected chi connectivity index (χ1v) is 8.05. The minimum Gasteiger partial charge on any atom is -0.442 e.